The minimum Gasteiger partial charge on any atom is -0.325 e. The van der Waals surface area contributed by atoms with Gasteiger partial charge >= 0.3 is 0 Å². The summed E-state index contributed by atoms with van der Waals surface area (Å²) >= 11 is 7.25. The molecule has 0 fully saturated rings. The Bertz CT molecular complexity index is 1070. The second-order valence-electron chi connectivity index (χ2n) is 7.07. The smallest absolute Gasteiger partial charge is 0.274 e. The Morgan fingerprint density at radius 2 is 2.07 bits per heavy atom. The Morgan fingerprint density at radius 1 is 1.33 bits per heavy atom. The van der Waals surface area contributed by atoms with Crippen molar-refractivity contribution >= 4 is 40.7 Å². The number of anilines is 1. The number of hydrogen-bond donors (Lipinski definition) is 2. The van der Waals surface area contributed by atoms with E-state index in [-0.39, 0.29) is 23.0 Å². The van der Waals surface area contributed by atoms with Crippen molar-refractivity contribution < 1.29 is 4.79 Å². The first kappa shape index (κ1) is 19.4. The van der Waals surface area contributed by atoms with Gasteiger partial charge in [-0.3, -0.25) is 14.6 Å². The number of aryl methyl sites for hydroxylation is 1. The van der Waals surface area contributed by atoms with Crippen LogP contribution in [0, 0.1) is 6.92 Å². The number of aromatic amines is 1. The highest BCUT2D eigenvalue weighted by atomic mass is 35.5. The zero-order valence-corrected chi connectivity index (χ0v) is 16.9. The molecule has 10 heteroatoms. The molecule has 0 spiro atoms. The van der Waals surface area contributed by atoms with Crippen LogP contribution in [-0.4, -0.2) is 36.5 Å². The fourth-order valence-corrected chi connectivity index (χ4v) is 3.18. The molecule has 0 aliphatic carbocycles. The lowest BCUT2D eigenvalue weighted by atomic mass is 9.93. The van der Waals surface area contributed by atoms with E-state index in [9.17, 15) is 9.59 Å². The van der Waals surface area contributed by atoms with E-state index in [4.69, 9.17) is 11.6 Å². The van der Waals surface area contributed by atoms with Gasteiger partial charge in [0.25, 0.3) is 11.3 Å². The summed E-state index contributed by atoms with van der Waals surface area (Å²) in [4.78, 5) is 27.0. The highest BCUT2D eigenvalue weighted by molar-refractivity contribution is 7.99. The van der Waals surface area contributed by atoms with Crippen LogP contribution >= 0.6 is 23.4 Å². The molecular weight excluding hydrogens is 388 g/mol. The van der Waals surface area contributed by atoms with Crippen molar-refractivity contribution in [1.29, 1.82) is 0 Å². The Morgan fingerprint density at radius 3 is 2.74 bits per heavy atom. The van der Waals surface area contributed by atoms with E-state index >= 15 is 0 Å². The third kappa shape index (κ3) is 4.30. The molecular formula is C17H19ClN6O2S. The molecule has 0 unspecified atom stereocenters. The fraction of sp³-hybridized carbons (Fsp3) is 0.353. The van der Waals surface area contributed by atoms with Crippen LogP contribution in [-0.2, 0) is 10.2 Å². The number of hydrogen-bond acceptors (Lipinski definition) is 6. The minimum atomic E-state index is -0.434. The van der Waals surface area contributed by atoms with E-state index in [0.717, 1.165) is 5.56 Å². The summed E-state index contributed by atoms with van der Waals surface area (Å²) in [5, 5.41) is 16.1. The number of halogens is 1. The Labute approximate surface area is 164 Å². The third-order valence-electron chi connectivity index (χ3n) is 3.75. The second kappa shape index (κ2) is 7.32. The van der Waals surface area contributed by atoms with Crippen molar-refractivity contribution in [1.82, 2.24) is 24.8 Å². The molecule has 0 bridgehead atoms. The number of benzene rings is 1. The molecule has 2 N–H and O–H groups in total. The number of H-pyrrole nitrogens is 1. The van der Waals surface area contributed by atoms with Crippen molar-refractivity contribution in [3.05, 3.63) is 44.8 Å². The molecule has 1 aromatic carbocycles. The highest BCUT2D eigenvalue weighted by Crippen LogP contribution is 2.21. The molecule has 2 heterocycles. The second-order valence-corrected chi connectivity index (χ2v) is 8.42. The number of amides is 1. The van der Waals surface area contributed by atoms with Gasteiger partial charge in [-0.15, -0.1) is 10.2 Å². The van der Waals surface area contributed by atoms with Crippen molar-refractivity contribution in [2.24, 2.45) is 0 Å². The number of carbonyl (C=O) groups is 1. The van der Waals surface area contributed by atoms with Crippen LogP contribution in [0.2, 0.25) is 5.02 Å². The van der Waals surface area contributed by atoms with Gasteiger partial charge in [0.15, 0.2) is 0 Å². The molecule has 0 saturated carbocycles. The van der Waals surface area contributed by atoms with Crippen molar-refractivity contribution in [2.45, 2.75) is 38.3 Å². The number of nitrogens with zero attached hydrogens (tertiary/aromatic N) is 4. The van der Waals surface area contributed by atoms with E-state index in [1.807, 2.05) is 33.8 Å². The zero-order valence-electron chi connectivity index (χ0n) is 15.3. The van der Waals surface area contributed by atoms with Crippen LogP contribution in [0.5, 0.6) is 0 Å². The van der Waals surface area contributed by atoms with Crippen LogP contribution in [0.25, 0.3) is 5.78 Å². The lowest BCUT2D eigenvalue weighted by Crippen LogP contribution is -2.28. The Hall–Kier alpha value is -2.39. The summed E-state index contributed by atoms with van der Waals surface area (Å²) in [5.41, 5.74) is 1.20. The maximum atomic E-state index is 12.2. The first-order valence-electron chi connectivity index (χ1n) is 8.20. The average molecular weight is 407 g/mol. The number of thioether (sulfide) groups is 1. The summed E-state index contributed by atoms with van der Waals surface area (Å²) in [5.74, 6) is 0.135. The van der Waals surface area contributed by atoms with E-state index in [0.29, 0.717) is 21.6 Å². The minimum absolute atomic E-state index is 0.109. The monoisotopic (exact) mass is 406 g/mol. The van der Waals surface area contributed by atoms with Gasteiger partial charge in [-0.25, -0.2) is 0 Å². The lowest BCUT2D eigenvalue weighted by Gasteiger charge is -2.15. The van der Waals surface area contributed by atoms with Crippen molar-refractivity contribution in [3.63, 3.8) is 0 Å². The normalized spacial score (nSPS) is 11.7. The largest absolute Gasteiger partial charge is 0.325 e. The lowest BCUT2D eigenvalue weighted by molar-refractivity contribution is -0.113. The first-order chi connectivity index (χ1) is 12.6. The molecule has 0 radical (unpaired) electrons. The van der Waals surface area contributed by atoms with E-state index in [1.165, 1.54) is 16.3 Å². The summed E-state index contributed by atoms with van der Waals surface area (Å²) in [6.07, 6.45) is 0. The molecule has 0 aliphatic heterocycles. The molecule has 3 rings (SSSR count). The van der Waals surface area contributed by atoms with Gasteiger partial charge in [0.05, 0.1) is 5.75 Å². The SMILES string of the molecule is Cc1ccc(NC(=O)CSc2nnc3[nH]c(=O)c(C(C)(C)C)nn23)cc1Cl. The maximum Gasteiger partial charge on any atom is 0.274 e. The van der Waals surface area contributed by atoms with E-state index in [2.05, 4.69) is 25.6 Å². The van der Waals surface area contributed by atoms with Crippen LogP contribution in [0.1, 0.15) is 32.0 Å². The predicted molar refractivity (Wildman–Crippen MR) is 106 cm³/mol. The molecule has 1 amide bonds. The Kier molecular flexibility index (Phi) is 5.25. The summed E-state index contributed by atoms with van der Waals surface area (Å²) in [7, 11) is 0. The summed E-state index contributed by atoms with van der Waals surface area (Å²) in [6, 6.07) is 5.33. The fourth-order valence-electron chi connectivity index (χ4n) is 2.32. The zero-order chi connectivity index (χ0) is 19.8. The van der Waals surface area contributed by atoms with Crippen LogP contribution in [0.3, 0.4) is 0 Å². The first-order valence-corrected chi connectivity index (χ1v) is 9.56. The molecule has 3 aromatic rings. The summed E-state index contributed by atoms with van der Waals surface area (Å²) < 4.78 is 1.45. The van der Waals surface area contributed by atoms with Crippen LogP contribution in [0.4, 0.5) is 5.69 Å². The van der Waals surface area contributed by atoms with Gasteiger partial charge in [0.1, 0.15) is 5.69 Å². The van der Waals surface area contributed by atoms with Gasteiger partial charge in [-0.05, 0) is 24.6 Å². The van der Waals surface area contributed by atoms with Gasteiger partial charge < -0.3 is 5.32 Å². The van der Waals surface area contributed by atoms with Gasteiger partial charge in [-0.2, -0.15) is 9.61 Å². The van der Waals surface area contributed by atoms with Gasteiger partial charge in [0.2, 0.25) is 11.1 Å². The maximum absolute atomic E-state index is 12.2. The van der Waals surface area contributed by atoms with E-state index < -0.39 is 5.41 Å². The number of aromatic nitrogens is 5. The number of carbonyl (C=O) groups excluding carboxylic acids is 1. The predicted octanol–water partition coefficient (Wildman–Crippen LogP) is 2.80. The summed E-state index contributed by atoms with van der Waals surface area (Å²) in [6.45, 7) is 7.58. The van der Waals surface area contributed by atoms with Gasteiger partial charge in [0, 0.05) is 16.1 Å². The number of fused-ring (bicyclic) bond motifs is 1. The molecule has 0 saturated heterocycles. The van der Waals surface area contributed by atoms with Crippen molar-refractivity contribution in [3.8, 4) is 0 Å². The molecule has 142 valence electrons. The standard InChI is InChI=1S/C17H19ClN6O2S/c1-9-5-6-10(7-11(9)18)19-12(25)8-27-16-22-21-15-20-14(26)13(17(2,3)4)23-24(15)16/h5-7H,8H2,1-4H3,(H,19,25)(H,20,21,26). The molecule has 2 aromatic heterocycles. The molecule has 8 nitrogen and oxygen atoms in total. The quantitative estimate of drug-likeness (QED) is 0.645. The van der Waals surface area contributed by atoms with Crippen LogP contribution in [0.15, 0.2) is 28.2 Å². The van der Waals surface area contributed by atoms with Gasteiger partial charge in [-0.1, -0.05) is 50.2 Å². The van der Waals surface area contributed by atoms with Crippen molar-refractivity contribution in [2.75, 3.05) is 11.1 Å². The van der Waals surface area contributed by atoms with E-state index in [1.54, 1.807) is 12.1 Å². The molecule has 0 atom stereocenters. The Balaban J connectivity index is 1.75. The molecule has 0 aliphatic rings. The number of nitrogens with one attached hydrogen (secondary N) is 2. The third-order valence-corrected chi connectivity index (χ3v) is 5.08. The number of rotatable bonds is 4. The molecule has 27 heavy (non-hydrogen) atoms. The average Bonchev–Trinajstić information content (AvgIpc) is 2.96. The highest BCUT2D eigenvalue weighted by Gasteiger charge is 2.22. The van der Waals surface area contributed by atoms with Crippen LogP contribution < -0.4 is 10.9 Å². The topological polar surface area (TPSA) is 105 Å².